The van der Waals surface area contributed by atoms with Crippen LogP contribution in [0.25, 0.3) is 0 Å². The zero-order valence-electron chi connectivity index (χ0n) is 13.7. The molecule has 1 saturated heterocycles. The minimum atomic E-state index is -0.372. The summed E-state index contributed by atoms with van der Waals surface area (Å²) in [7, 11) is 0. The molecule has 124 valence electrons. The Morgan fingerprint density at radius 2 is 1.75 bits per heavy atom. The lowest BCUT2D eigenvalue weighted by Gasteiger charge is -2.43. The van der Waals surface area contributed by atoms with Crippen molar-refractivity contribution < 1.29 is 14.3 Å². The van der Waals surface area contributed by atoms with E-state index in [-0.39, 0.29) is 36.9 Å². The van der Waals surface area contributed by atoms with E-state index in [9.17, 15) is 9.59 Å². The van der Waals surface area contributed by atoms with Crippen molar-refractivity contribution in [2.75, 3.05) is 6.54 Å². The van der Waals surface area contributed by atoms with Crippen LogP contribution in [0.3, 0.4) is 0 Å². The van der Waals surface area contributed by atoms with Gasteiger partial charge < -0.3 is 4.74 Å². The number of likely N-dealkylation sites (tertiary alicyclic amines) is 1. The van der Waals surface area contributed by atoms with E-state index in [0.29, 0.717) is 6.54 Å². The quantitative estimate of drug-likeness (QED) is 0.766. The third-order valence-electron chi connectivity index (χ3n) is 4.49. The number of benzene rings is 2. The maximum Gasteiger partial charge on any atom is 0.308 e. The van der Waals surface area contributed by atoms with Crippen LogP contribution in [0.5, 0.6) is 0 Å². The number of ether oxygens (including phenoxy) is 1. The van der Waals surface area contributed by atoms with Crippen molar-refractivity contribution in [3.63, 3.8) is 0 Å². The van der Waals surface area contributed by atoms with Crippen LogP contribution in [0.2, 0.25) is 0 Å². The highest BCUT2D eigenvalue weighted by Crippen LogP contribution is 2.30. The van der Waals surface area contributed by atoms with Gasteiger partial charge in [0, 0.05) is 6.04 Å². The van der Waals surface area contributed by atoms with Crippen molar-refractivity contribution in [3.05, 3.63) is 71.8 Å². The van der Waals surface area contributed by atoms with Gasteiger partial charge in [-0.05, 0) is 18.1 Å². The van der Waals surface area contributed by atoms with Gasteiger partial charge in [0.1, 0.15) is 6.61 Å². The van der Waals surface area contributed by atoms with Crippen molar-refractivity contribution in [1.82, 2.24) is 4.90 Å². The molecule has 0 amide bonds. The molecular weight excluding hydrogens is 302 g/mol. The number of ketones is 1. The van der Waals surface area contributed by atoms with E-state index in [1.165, 1.54) is 0 Å². The van der Waals surface area contributed by atoms with Crippen LogP contribution in [0.1, 0.15) is 30.5 Å². The van der Waals surface area contributed by atoms with Gasteiger partial charge >= 0.3 is 5.97 Å². The second kappa shape index (κ2) is 7.41. The summed E-state index contributed by atoms with van der Waals surface area (Å²) in [6.07, 6.45) is 0.114. The predicted octanol–water partition coefficient (Wildman–Crippen LogP) is 3.13. The Hall–Kier alpha value is -2.46. The fourth-order valence-corrected chi connectivity index (χ4v) is 2.98. The maximum atomic E-state index is 12.1. The number of carbonyl (C=O) groups excluding carboxylic acids is 2. The van der Waals surface area contributed by atoms with Crippen molar-refractivity contribution in [2.24, 2.45) is 0 Å². The highest BCUT2D eigenvalue weighted by molar-refractivity contribution is 5.94. The molecule has 0 saturated carbocycles. The fourth-order valence-electron chi connectivity index (χ4n) is 2.98. The number of hydrogen-bond acceptors (Lipinski definition) is 4. The Bertz CT molecular complexity index is 699. The molecule has 1 unspecified atom stereocenters. The molecule has 1 aliphatic heterocycles. The molecule has 1 fully saturated rings. The molecule has 3 rings (SSSR count). The van der Waals surface area contributed by atoms with Gasteiger partial charge in [-0.3, -0.25) is 14.5 Å². The summed E-state index contributed by atoms with van der Waals surface area (Å²) in [5, 5.41) is 0. The molecule has 2 aromatic carbocycles. The number of carbonyl (C=O) groups is 2. The number of rotatable bonds is 6. The third kappa shape index (κ3) is 3.71. The van der Waals surface area contributed by atoms with Gasteiger partial charge in [0.15, 0.2) is 5.78 Å². The summed E-state index contributed by atoms with van der Waals surface area (Å²) >= 11 is 0. The first-order valence-electron chi connectivity index (χ1n) is 8.18. The number of esters is 1. The van der Waals surface area contributed by atoms with E-state index >= 15 is 0 Å². The first-order chi connectivity index (χ1) is 11.6. The molecule has 0 radical (unpaired) electrons. The molecule has 0 spiro atoms. The van der Waals surface area contributed by atoms with Crippen molar-refractivity contribution in [3.8, 4) is 0 Å². The lowest BCUT2D eigenvalue weighted by atomic mass is 9.93. The summed E-state index contributed by atoms with van der Waals surface area (Å²) < 4.78 is 5.30. The van der Waals surface area contributed by atoms with Crippen LogP contribution in [-0.2, 0) is 20.9 Å². The first-order valence-corrected chi connectivity index (χ1v) is 8.18. The van der Waals surface area contributed by atoms with Crippen LogP contribution < -0.4 is 0 Å². The van der Waals surface area contributed by atoms with Gasteiger partial charge in [-0.1, -0.05) is 60.7 Å². The molecule has 0 aromatic heterocycles. The smallest absolute Gasteiger partial charge is 0.308 e. The molecular formula is C20H21NO3. The van der Waals surface area contributed by atoms with Crippen LogP contribution in [0, 0.1) is 0 Å². The Balaban J connectivity index is 1.55. The number of nitrogens with zero attached hydrogens (tertiary/aromatic N) is 1. The summed E-state index contributed by atoms with van der Waals surface area (Å²) in [5.41, 5.74) is 2.09. The lowest BCUT2D eigenvalue weighted by Crippen LogP contribution is -2.58. The first kappa shape index (κ1) is 16.4. The van der Waals surface area contributed by atoms with E-state index in [1.807, 2.05) is 60.7 Å². The van der Waals surface area contributed by atoms with Crippen molar-refractivity contribution >= 4 is 11.8 Å². The Morgan fingerprint density at radius 1 is 1.12 bits per heavy atom. The summed E-state index contributed by atoms with van der Waals surface area (Å²) in [6, 6.07) is 19.3. The Morgan fingerprint density at radius 3 is 2.38 bits per heavy atom. The van der Waals surface area contributed by atoms with Gasteiger partial charge in [-0.25, -0.2) is 0 Å². The molecule has 2 aromatic rings. The second-order valence-corrected chi connectivity index (χ2v) is 6.09. The van der Waals surface area contributed by atoms with Crippen LogP contribution in [0.4, 0.5) is 0 Å². The highest BCUT2D eigenvalue weighted by atomic mass is 16.5. The molecule has 1 heterocycles. The van der Waals surface area contributed by atoms with Crippen molar-refractivity contribution in [2.45, 2.75) is 32.0 Å². The topological polar surface area (TPSA) is 46.6 Å². The van der Waals surface area contributed by atoms with Gasteiger partial charge in [0.25, 0.3) is 0 Å². The Kier molecular flexibility index (Phi) is 5.06. The van der Waals surface area contributed by atoms with Gasteiger partial charge in [-0.15, -0.1) is 0 Å². The number of hydrogen-bond donors (Lipinski definition) is 0. The summed E-state index contributed by atoms with van der Waals surface area (Å²) in [6.45, 7) is 2.70. The minimum Gasteiger partial charge on any atom is -0.461 e. The molecule has 0 N–H and O–H groups in total. The lowest BCUT2D eigenvalue weighted by molar-refractivity contribution is -0.154. The predicted molar refractivity (Wildman–Crippen MR) is 91.2 cm³/mol. The molecule has 2 atom stereocenters. The molecule has 4 nitrogen and oxygen atoms in total. The number of Topliss-reactive ketones (excluding diaryl/α,β-unsaturated/α-hetero) is 1. The van der Waals surface area contributed by atoms with Gasteiger partial charge in [0.05, 0.1) is 19.0 Å². The normalized spacial score (nSPS) is 18.7. The largest absolute Gasteiger partial charge is 0.461 e. The molecule has 24 heavy (non-hydrogen) atoms. The van der Waals surface area contributed by atoms with E-state index in [0.717, 1.165) is 11.1 Å². The monoisotopic (exact) mass is 323 g/mol. The summed E-state index contributed by atoms with van der Waals surface area (Å²) in [5.74, 6) is -0.225. The molecule has 0 aliphatic carbocycles. The fraction of sp³-hybridized carbons (Fsp3) is 0.300. The third-order valence-corrected chi connectivity index (χ3v) is 4.49. The second-order valence-electron chi connectivity index (χ2n) is 6.09. The molecule has 4 heteroatoms. The van der Waals surface area contributed by atoms with Crippen LogP contribution >= 0.6 is 0 Å². The SMILES string of the molecule is C[C@H](c1ccccc1)N1CC(=O)C1CC(=O)OCc1ccccc1. The standard InChI is InChI=1S/C20H21NO3/c1-15(17-10-6-3-7-11-17)21-13-19(22)18(21)12-20(23)24-14-16-8-4-2-5-9-16/h2-11,15,18H,12-14H2,1H3/t15-,18?/m1/s1. The van der Waals surface area contributed by atoms with Gasteiger partial charge in [-0.2, -0.15) is 0 Å². The van der Waals surface area contributed by atoms with E-state index < -0.39 is 0 Å². The molecule has 0 bridgehead atoms. The van der Waals surface area contributed by atoms with Crippen molar-refractivity contribution in [1.29, 1.82) is 0 Å². The minimum absolute atomic E-state index is 0.106. The average molecular weight is 323 g/mol. The zero-order valence-corrected chi connectivity index (χ0v) is 13.7. The van der Waals surface area contributed by atoms with Gasteiger partial charge in [0.2, 0.25) is 0 Å². The van der Waals surface area contributed by atoms with E-state index in [1.54, 1.807) is 0 Å². The highest BCUT2D eigenvalue weighted by Gasteiger charge is 2.41. The molecule has 1 aliphatic rings. The average Bonchev–Trinajstić information content (AvgIpc) is 2.63. The maximum absolute atomic E-state index is 12.1. The Labute approximate surface area is 142 Å². The zero-order chi connectivity index (χ0) is 16.9. The van der Waals surface area contributed by atoms with Crippen LogP contribution in [-0.4, -0.2) is 29.2 Å². The van der Waals surface area contributed by atoms with E-state index in [4.69, 9.17) is 4.74 Å². The van der Waals surface area contributed by atoms with E-state index in [2.05, 4.69) is 11.8 Å². The van der Waals surface area contributed by atoms with Crippen LogP contribution in [0.15, 0.2) is 60.7 Å². The summed E-state index contributed by atoms with van der Waals surface area (Å²) in [4.78, 5) is 26.1.